The lowest BCUT2D eigenvalue weighted by atomic mass is 10.3. The highest BCUT2D eigenvalue weighted by Crippen LogP contribution is 2.24. The summed E-state index contributed by atoms with van der Waals surface area (Å²) in [5, 5.41) is 3.16. The van der Waals surface area contributed by atoms with E-state index in [1.54, 1.807) is 30.7 Å². The molecular weight excluding hydrogens is 330 g/mol. The second-order valence-corrected chi connectivity index (χ2v) is 5.69. The fourth-order valence-corrected chi connectivity index (χ4v) is 2.48. The van der Waals surface area contributed by atoms with Gasteiger partial charge in [0.25, 0.3) is 5.56 Å². The number of oxazole rings is 1. The minimum Gasteiger partial charge on any atom is -0.434 e. The number of hydrogen-bond acceptors (Lipinski definition) is 6. The first kappa shape index (κ1) is 15.8. The molecule has 0 aliphatic rings. The molecule has 7 nitrogen and oxygen atoms in total. The van der Waals surface area contributed by atoms with Gasteiger partial charge in [-0.2, -0.15) is 0 Å². The van der Waals surface area contributed by atoms with Crippen LogP contribution in [-0.4, -0.2) is 19.9 Å². The standard InChI is InChI=1S/C19H15N5O2/c1-12-7-9-20-17(10-12)24-16-6-2-5-14(23-16)15-11-22-19(26-15)13-4-3-8-21-18(13)25/h2-11H,1H3,(H,21,25)(H,20,23,24). The van der Waals surface area contributed by atoms with E-state index in [0.29, 0.717) is 28.7 Å². The number of H-pyrrole nitrogens is 1. The minimum absolute atomic E-state index is 0.252. The zero-order valence-electron chi connectivity index (χ0n) is 13.9. The van der Waals surface area contributed by atoms with Crippen molar-refractivity contribution in [2.24, 2.45) is 0 Å². The maximum absolute atomic E-state index is 11.9. The number of aromatic amines is 1. The Morgan fingerprint density at radius 3 is 2.85 bits per heavy atom. The number of pyridine rings is 3. The maximum atomic E-state index is 11.9. The molecule has 128 valence electrons. The summed E-state index contributed by atoms with van der Waals surface area (Å²) in [5.74, 6) is 2.08. The van der Waals surface area contributed by atoms with Gasteiger partial charge >= 0.3 is 0 Å². The lowest BCUT2D eigenvalue weighted by Gasteiger charge is -2.06. The summed E-state index contributed by atoms with van der Waals surface area (Å²) in [6.07, 6.45) is 4.85. The summed E-state index contributed by atoms with van der Waals surface area (Å²) in [6, 6.07) is 12.7. The number of nitrogens with zero attached hydrogens (tertiary/aromatic N) is 3. The molecule has 0 saturated heterocycles. The van der Waals surface area contributed by atoms with Gasteiger partial charge in [-0.05, 0) is 48.9 Å². The molecule has 0 atom stereocenters. The Hall–Kier alpha value is -3.74. The van der Waals surface area contributed by atoms with Crippen molar-refractivity contribution in [1.82, 2.24) is 19.9 Å². The van der Waals surface area contributed by atoms with Gasteiger partial charge in [0.05, 0.1) is 6.20 Å². The van der Waals surface area contributed by atoms with Gasteiger partial charge in [-0.3, -0.25) is 4.79 Å². The second-order valence-electron chi connectivity index (χ2n) is 5.69. The summed E-state index contributed by atoms with van der Waals surface area (Å²) < 4.78 is 5.72. The predicted octanol–water partition coefficient (Wildman–Crippen LogP) is 3.54. The predicted molar refractivity (Wildman–Crippen MR) is 98.0 cm³/mol. The summed E-state index contributed by atoms with van der Waals surface area (Å²) in [6.45, 7) is 2.00. The van der Waals surface area contributed by atoms with Crippen molar-refractivity contribution in [3.8, 4) is 22.9 Å². The highest BCUT2D eigenvalue weighted by Gasteiger charge is 2.12. The van der Waals surface area contributed by atoms with Crippen LogP contribution in [0.2, 0.25) is 0 Å². The first-order chi connectivity index (χ1) is 12.7. The Labute approximate surface area is 148 Å². The van der Waals surface area contributed by atoms with E-state index in [1.165, 1.54) is 0 Å². The smallest absolute Gasteiger partial charge is 0.260 e. The molecule has 4 heterocycles. The normalized spacial score (nSPS) is 10.7. The van der Waals surface area contributed by atoms with Crippen LogP contribution in [0, 0.1) is 6.92 Å². The fourth-order valence-electron chi connectivity index (χ4n) is 2.48. The summed E-state index contributed by atoms with van der Waals surface area (Å²) in [4.78, 5) is 27.4. The molecule has 0 spiro atoms. The highest BCUT2D eigenvalue weighted by molar-refractivity contribution is 5.61. The fraction of sp³-hybridized carbons (Fsp3) is 0.0526. The minimum atomic E-state index is -0.255. The van der Waals surface area contributed by atoms with E-state index in [4.69, 9.17) is 4.42 Å². The molecule has 4 rings (SSSR count). The van der Waals surface area contributed by atoms with Crippen LogP contribution in [-0.2, 0) is 0 Å². The van der Waals surface area contributed by atoms with Crippen LogP contribution in [0.5, 0.6) is 0 Å². The molecule has 0 radical (unpaired) electrons. The highest BCUT2D eigenvalue weighted by atomic mass is 16.4. The van der Waals surface area contributed by atoms with E-state index in [-0.39, 0.29) is 11.4 Å². The maximum Gasteiger partial charge on any atom is 0.260 e. The van der Waals surface area contributed by atoms with Gasteiger partial charge in [0.2, 0.25) is 5.89 Å². The van der Waals surface area contributed by atoms with Crippen LogP contribution < -0.4 is 10.9 Å². The Bertz CT molecular complexity index is 1120. The zero-order valence-corrected chi connectivity index (χ0v) is 13.9. The number of anilines is 2. The van der Waals surface area contributed by atoms with Crippen LogP contribution >= 0.6 is 0 Å². The van der Waals surface area contributed by atoms with Gasteiger partial charge < -0.3 is 14.7 Å². The molecule has 0 saturated carbocycles. The van der Waals surface area contributed by atoms with Gasteiger partial charge in [-0.25, -0.2) is 15.0 Å². The van der Waals surface area contributed by atoms with Crippen LogP contribution in [0.1, 0.15) is 5.56 Å². The molecule has 4 aromatic rings. The van der Waals surface area contributed by atoms with Crippen molar-refractivity contribution >= 4 is 11.6 Å². The molecule has 0 aromatic carbocycles. The molecule has 0 amide bonds. The third-order valence-corrected chi connectivity index (χ3v) is 3.73. The van der Waals surface area contributed by atoms with Crippen molar-refractivity contribution in [3.63, 3.8) is 0 Å². The third-order valence-electron chi connectivity index (χ3n) is 3.73. The number of rotatable bonds is 4. The Morgan fingerprint density at radius 2 is 2.00 bits per heavy atom. The number of aryl methyl sites for hydroxylation is 1. The van der Waals surface area contributed by atoms with Crippen LogP contribution in [0.4, 0.5) is 11.6 Å². The van der Waals surface area contributed by atoms with Crippen molar-refractivity contribution < 1.29 is 4.42 Å². The van der Waals surface area contributed by atoms with E-state index in [2.05, 4.69) is 25.3 Å². The summed E-state index contributed by atoms with van der Waals surface area (Å²) >= 11 is 0. The van der Waals surface area contributed by atoms with Gasteiger partial charge in [0.1, 0.15) is 22.9 Å². The molecule has 7 heteroatoms. The second kappa shape index (κ2) is 6.64. The van der Waals surface area contributed by atoms with Crippen molar-refractivity contribution in [2.45, 2.75) is 6.92 Å². The molecule has 26 heavy (non-hydrogen) atoms. The van der Waals surface area contributed by atoms with E-state index in [0.717, 1.165) is 5.56 Å². The van der Waals surface area contributed by atoms with Crippen LogP contribution in [0.15, 0.2) is 70.3 Å². The third kappa shape index (κ3) is 3.23. The van der Waals surface area contributed by atoms with Crippen molar-refractivity contribution in [2.75, 3.05) is 5.32 Å². The molecule has 0 bridgehead atoms. The average Bonchev–Trinajstić information content (AvgIpc) is 3.12. The number of aromatic nitrogens is 4. The first-order valence-corrected chi connectivity index (χ1v) is 8.00. The van der Waals surface area contributed by atoms with Gasteiger partial charge in [-0.1, -0.05) is 6.07 Å². The molecule has 4 aromatic heterocycles. The Morgan fingerprint density at radius 1 is 1.08 bits per heavy atom. The number of hydrogen-bond donors (Lipinski definition) is 2. The van der Waals surface area contributed by atoms with Gasteiger partial charge in [-0.15, -0.1) is 0 Å². The van der Waals surface area contributed by atoms with Crippen LogP contribution in [0.25, 0.3) is 22.9 Å². The topological polar surface area (TPSA) is 96.7 Å². The molecule has 0 unspecified atom stereocenters. The van der Waals surface area contributed by atoms with E-state index >= 15 is 0 Å². The Balaban J connectivity index is 1.63. The molecule has 2 N–H and O–H groups in total. The monoisotopic (exact) mass is 345 g/mol. The molecular formula is C19H15N5O2. The SMILES string of the molecule is Cc1ccnc(Nc2cccc(-c3cnc(-c4ccc[nH]c4=O)o3)n2)c1. The average molecular weight is 345 g/mol. The van der Waals surface area contributed by atoms with Crippen molar-refractivity contribution in [3.05, 3.63) is 77.0 Å². The van der Waals surface area contributed by atoms with Crippen molar-refractivity contribution in [1.29, 1.82) is 0 Å². The summed E-state index contributed by atoms with van der Waals surface area (Å²) in [5.41, 5.74) is 1.83. The lowest BCUT2D eigenvalue weighted by molar-refractivity contribution is 0.585. The first-order valence-electron chi connectivity index (χ1n) is 8.00. The largest absolute Gasteiger partial charge is 0.434 e. The molecule has 0 aliphatic carbocycles. The quantitative estimate of drug-likeness (QED) is 0.587. The van der Waals surface area contributed by atoms with Crippen LogP contribution in [0.3, 0.4) is 0 Å². The number of nitrogens with one attached hydrogen (secondary N) is 2. The van der Waals surface area contributed by atoms with Gasteiger partial charge in [0.15, 0.2) is 5.76 Å². The van der Waals surface area contributed by atoms with E-state index in [1.807, 2.05) is 37.3 Å². The van der Waals surface area contributed by atoms with Gasteiger partial charge in [0, 0.05) is 12.4 Å². The van der Waals surface area contributed by atoms with E-state index in [9.17, 15) is 4.79 Å². The Kier molecular flexibility index (Phi) is 4.03. The zero-order chi connectivity index (χ0) is 17.9. The summed E-state index contributed by atoms with van der Waals surface area (Å²) in [7, 11) is 0. The lowest BCUT2D eigenvalue weighted by Crippen LogP contribution is -2.06. The molecule has 0 fully saturated rings. The molecule has 0 aliphatic heterocycles. The van der Waals surface area contributed by atoms with E-state index < -0.39 is 0 Å².